The third-order valence-corrected chi connectivity index (χ3v) is 3.13. The van der Waals surface area contributed by atoms with Crippen molar-refractivity contribution in [3.63, 3.8) is 0 Å². The molecule has 0 aliphatic rings. The van der Waals surface area contributed by atoms with E-state index in [9.17, 15) is 0 Å². The summed E-state index contributed by atoms with van der Waals surface area (Å²) in [5.41, 5.74) is 2.48. The van der Waals surface area contributed by atoms with Gasteiger partial charge in [0.15, 0.2) is 5.82 Å². The van der Waals surface area contributed by atoms with Crippen LogP contribution in [-0.4, -0.2) is 10.1 Å². The molecule has 4 nitrogen and oxygen atoms in total. The Labute approximate surface area is 102 Å². The number of nitrogens with zero attached hydrogens (tertiary/aromatic N) is 2. The van der Waals surface area contributed by atoms with Crippen molar-refractivity contribution in [2.75, 3.05) is 0 Å². The average Bonchev–Trinajstić information content (AvgIpc) is 2.76. The van der Waals surface area contributed by atoms with Gasteiger partial charge in [-0.05, 0) is 24.1 Å². The van der Waals surface area contributed by atoms with Crippen molar-refractivity contribution < 1.29 is 4.52 Å². The molecule has 0 atom stereocenters. The van der Waals surface area contributed by atoms with Gasteiger partial charge in [0.2, 0.25) is 6.39 Å². The van der Waals surface area contributed by atoms with E-state index < -0.39 is 0 Å². The fraction of sp³-hybridized carbons (Fsp3) is 0.273. The van der Waals surface area contributed by atoms with Gasteiger partial charge in [-0.1, -0.05) is 33.2 Å². The first-order valence-electron chi connectivity index (χ1n) is 4.96. The molecular weight excluding hydrogens is 270 g/mol. The quantitative estimate of drug-likeness (QED) is 0.935. The first-order valence-corrected chi connectivity index (χ1v) is 5.76. The molecule has 0 fully saturated rings. The Morgan fingerprint density at radius 3 is 2.94 bits per heavy atom. The third kappa shape index (κ3) is 2.90. The maximum atomic E-state index is 4.64. The van der Waals surface area contributed by atoms with E-state index in [4.69, 9.17) is 0 Å². The number of hydrogen-bond acceptors (Lipinski definition) is 4. The summed E-state index contributed by atoms with van der Waals surface area (Å²) in [5, 5.41) is 6.97. The van der Waals surface area contributed by atoms with E-state index in [2.05, 4.69) is 61.0 Å². The molecule has 5 heteroatoms. The van der Waals surface area contributed by atoms with Crippen LogP contribution in [0.2, 0.25) is 0 Å². The van der Waals surface area contributed by atoms with Gasteiger partial charge in [0.1, 0.15) is 0 Å². The molecule has 0 saturated heterocycles. The van der Waals surface area contributed by atoms with Gasteiger partial charge in [-0.15, -0.1) is 0 Å². The molecule has 0 bridgehead atoms. The van der Waals surface area contributed by atoms with Crippen LogP contribution in [0, 0.1) is 6.92 Å². The Hall–Kier alpha value is -1.20. The van der Waals surface area contributed by atoms with E-state index in [-0.39, 0.29) is 0 Å². The largest absolute Gasteiger partial charge is 0.343 e. The van der Waals surface area contributed by atoms with Crippen LogP contribution < -0.4 is 5.32 Å². The third-order valence-electron chi connectivity index (χ3n) is 2.24. The molecule has 1 aromatic carbocycles. The second-order valence-corrected chi connectivity index (χ2v) is 4.39. The van der Waals surface area contributed by atoms with Gasteiger partial charge in [0, 0.05) is 11.0 Å². The minimum Gasteiger partial charge on any atom is -0.343 e. The predicted octanol–water partition coefficient (Wildman–Crippen LogP) is 2.43. The van der Waals surface area contributed by atoms with Crippen molar-refractivity contribution in [2.24, 2.45) is 0 Å². The molecular formula is C11H12BrN3O. The highest BCUT2D eigenvalue weighted by molar-refractivity contribution is 9.10. The number of aromatic nitrogens is 2. The molecule has 2 aromatic rings. The first-order chi connectivity index (χ1) is 7.75. The molecule has 0 unspecified atom stereocenters. The molecule has 0 aliphatic carbocycles. The number of hydrogen-bond donors (Lipinski definition) is 1. The molecule has 84 valence electrons. The highest BCUT2D eigenvalue weighted by Crippen LogP contribution is 2.16. The van der Waals surface area contributed by atoms with Gasteiger partial charge in [-0.25, -0.2) is 0 Å². The summed E-state index contributed by atoms with van der Waals surface area (Å²) in [5.74, 6) is 0.675. The van der Waals surface area contributed by atoms with Gasteiger partial charge in [-0.3, -0.25) is 0 Å². The zero-order valence-electron chi connectivity index (χ0n) is 8.90. The lowest BCUT2D eigenvalue weighted by atomic mass is 10.1. The van der Waals surface area contributed by atoms with E-state index in [0.717, 1.165) is 11.0 Å². The lowest BCUT2D eigenvalue weighted by Gasteiger charge is -2.04. The zero-order valence-corrected chi connectivity index (χ0v) is 10.5. The fourth-order valence-corrected chi connectivity index (χ4v) is 1.65. The van der Waals surface area contributed by atoms with Gasteiger partial charge in [0.25, 0.3) is 0 Å². The Morgan fingerprint density at radius 2 is 2.25 bits per heavy atom. The Morgan fingerprint density at radius 1 is 1.38 bits per heavy atom. The maximum absolute atomic E-state index is 4.64. The number of rotatable bonds is 4. The van der Waals surface area contributed by atoms with Gasteiger partial charge >= 0.3 is 0 Å². The highest BCUT2D eigenvalue weighted by atomic mass is 79.9. The lowest BCUT2D eigenvalue weighted by molar-refractivity contribution is 0.407. The van der Waals surface area contributed by atoms with Crippen LogP contribution in [0.1, 0.15) is 17.0 Å². The monoisotopic (exact) mass is 281 g/mol. The highest BCUT2D eigenvalue weighted by Gasteiger charge is 1.99. The Kier molecular flexibility index (Phi) is 3.69. The molecule has 16 heavy (non-hydrogen) atoms. The van der Waals surface area contributed by atoms with E-state index >= 15 is 0 Å². The van der Waals surface area contributed by atoms with Crippen molar-refractivity contribution in [2.45, 2.75) is 20.0 Å². The Balaban J connectivity index is 1.87. The van der Waals surface area contributed by atoms with Crippen LogP contribution in [-0.2, 0) is 13.1 Å². The summed E-state index contributed by atoms with van der Waals surface area (Å²) in [4.78, 5) is 3.93. The van der Waals surface area contributed by atoms with Gasteiger partial charge < -0.3 is 9.84 Å². The van der Waals surface area contributed by atoms with Crippen LogP contribution in [0.15, 0.2) is 33.6 Å². The van der Waals surface area contributed by atoms with Gasteiger partial charge in [-0.2, -0.15) is 4.98 Å². The minimum absolute atomic E-state index is 0.617. The fourth-order valence-electron chi connectivity index (χ4n) is 1.41. The van der Waals surface area contributed by atoms with Crippen molar-refractivity contribution in [3.05, 3.63) is 46.0 Å². The van der Waals surface area contributed by atoms with Crippen LogP contribution in [0.5, 0.6) is 0 Å². The van der Waals surface area contributed by atoms with E-state index in [1.165, 1.54) is 17.5 Å². The summed E-state index contributed by atoms with van der Waals surface area (Å²) < 4.78 is 5.78. The molecule has 0 amide bonds. The maximum Gasteiger partial charge on any atom is 0.213 e. The normalized spacial score (nSPS) is 10.6. The first kappa shape index (κ1) is 11.3. The Bertz CT molecular complexity index is 456. The standard InChI is InChI=1S/C11H12BrN3O/c1-8-4-9(2-3-10(8)12)5-13-6-11-14-7-16-15-11/h2-4,7,13H,5-6H2,1H3. The molecule has 0 aliphatic heterocycles. The number of benzene rings is 1. The van der Waals surface area contributed by atoms with Crippen molar-refractivity contribution in [1.29, 1.82) is 0 Å². The van der Waals surface area contributed by atoms with Crippen molar-refractivity contribution >= 4 is 15.9 Å². The molecule has 0 spiro atoms. The topological polar surface area (TPSA) is 51.0 Å². The smallest absolute Gasteiger partial charge is 0.213 e. The zero-order chi connectivity index (χ0) is 11.4. The molecule has 1 heterocycles. The van der Waals surface area contributed by atoms with Crippen molar-refractivity contribution in [3.8, 4) is 0 Å². The average molecular weight is 282 g/mol. The number of halogens is 1. The lowest BCUT2D eigenvalue weighted by Crippen LogP contribution is -2.13. The summed E-state index contributed by atoms with van der Waals surface area (Å²) in [7, 11) is 0. The molecule has 1 N–H and O–H groups in total. The summed E-state index contributed by atoms with van der Waals surface area (Å²) in [6, 6.07) is 6.29. The van der Waals surface area contributed by atoms with Crippen LogP contribution in [0.4, 0.5) is 0 Å². The second-order valence-electron chi connectivity index (χ2n) is 3.53. The summed E-state index contributed by atoms with van der Waals surface area (Å²) in [6.07, 6.45) is 1.33. The molecule has 2 rings (SSSR count). The molecule has 0 saturated carbocycles. The van der Waals surface area contributed by atoms with Crippen LogP contribution >= 0.6 is 15.9 Å². The van der Waals surface area contributed by atoms with E-state index in [0.29, 0.717) is 12.4 Å². The minimum atomic E-state index is 0.617. The van der Waals surface area contributed by atoms with Gasteiger partial charge in [0.05, 0.1) is 6.54 Å². The summed E-state index contributed by atoms with van der Waals surface area (Å²) >= 11 is 3.48. The van der Waals surface area contributed by atoms with Crippen LogP contribution in [0.25, 0.3) is 0 Å². The van der Waals surface area contributed by atoms with E-state index in [1.54, 1.807) is 0 Å². The molecule has 1 aromatic heterocycles. The number of nitrogens with one attached hydrogen (secondary N) is 1. The molecule has 0 radical (unpaired) electrons. The SMILES string of the molecule is Cc1cc(CNCc2ncon2)ccc1Br. The predicted molar refractivity (Wildman–Crippen MR) is 63.7 cm³/mol. The summed E-state index contributed by atoms with van der Waals surface area (Å²) in [6.45, 7) is 3.49. The number of aryl methyl sites for hydroxylation is 1. The second kappa shape index (κ2) is 5.23. The van der Waals surface area contributed by atoms with E-state index in [1.807, 2.05) is 0 Å². The van der Waals surface area contributed by atoms with Crippen LogP contribution in [0.3, 0.4) is 0 Å². The van der Waals surface area contributed by atoms with Crippen molar-refractivity contribution in [1.82, 2.24) is 15.5 Å².